The lowest BCUT2D eigenvalue weighted by molar-refractivity contribution is 0.166. The molecule has 1 aromatic heterocycles. The summed E-state index contributed by atoms with van der Waals surface area (Å²) in [5.41, 5.74) is 3.44. The van der Waals surface area contributed by atoms with E-state index in [2.05, 4.69) is 60.0 Å². The zero-order valence-corrected chi connectivity index (χ0v) is 19.2. The molecule has 6 nitrogen and oxygen atoms in total. The number of guanidine groups is 1. The first-order valence-corrected chi connectivity index (χ1v) is 11.8. The first-order valence-electron chi connectivity index (χ1n) is 10.9. The molecule has 1 unspecified atom stereocenters. The van der Waals surface area contributed by atoms with Crippen molar-refractivity contribution in [1.29, 1.82) is 0 Å². The Bertz CT molecular complexity index is 815. The van der Waals surface area contributed by atoms with Gasteiger partial charge in [0.25, 0.3) is 0 Å². The number of aliphatic imine (C=N–C) groups is 1. The van der Waals surface area contributed by atoms with Crippen LogP contribution in [0.5, 0.6) is 5.75 Å². The highest BCUT2D eigenvalue weighted by atomic mass is 32.1. The molecule has 3 rings (SSSR count). The second-order valence-electron chi connectivity index (χ2n) is 7.61. The van der Waals surface area contributed by atoms with Crippen LogP contribution in [0, 0.1) is 12.8 Å². The minimum Gasteiger partial charge on any atom is -0.493 e. The summed E-state index contributed by atoms with van der Waals surface area (Å²) in [6, 6.07) is 6.34. The molecule has 0 spiro atoms. The molecule has 2 aromatic rings. The largest absolute Gasteiger partial charge is 0.493 e. The summed E-state index contributed by atoms with van der Waals surface area (Å²) in [7, 11) is 0. The number of ether oxygens (including phenoxy) is 2. The van der Waals surface area contributed by atoms with Crippen molar-refractivity contribution in [2.24, 2.45) is 10.9 Å². The molecular formula is C23H34N4O2S. The molecular weight excluding hydrogens is 396 g/mol. The van der Waals surface area contributed by atoms with Crippen molar-refractivity contribution in [2.45, 2.75) is 46.6 Å². The lowest BCUT2D eigenvalue weighted by atomic mass is 10.1. The van der Waals surface area contributed by atoms with Crippen LogP contribution in [0.4, 0.5) is 0 Å². The minimum absolute atomic E-state index is 0.486. The Morgan fingerprint density at radius 2 is 2.23 bits per heavy atom. The van der Waals surface area contributed by atoms with Crippen LogP contribution in [0.15, 0.2) is 28.6 Å². The predicted molar refractivity (Wildman–Crippen MR) is 124 cm³/mol. The maximum atomic E-state index is 6.15. The molecule has 1 aromatic carbocycles. The number of aryl methyl sites for hydroxylation is 2. The molecule has 1 fully saturated rings. The Hall–Kier alpha value is -2.12. The highest BCUT2D eigenvalue weighted by molar-refractivity contribution is 7.09. The Balaban J connectivity index is 1.57. The van der Waals surface area contributed by atoms with Crippen LogP contribution in [-0.4, -0.2) is 43.9 Å². The number of nitrogens with one attached hydrogen (secondary N) is 2. The molecule has 0 saturated carbocycles. The zero-order chi connectivity index (χ0) is 21.2. The first kappa shape index (κ1) is 22.6. The highest BCUT2D eigenvalue weighted by Gasteiger charge is 2.17. The van der Waals surface area contributed by atoms with Gasteiger partial charge in [0, 0.05) is 43.0 Å². The summed E-state index contributed by atoms with van der Waals surface area (Å²) in [5.74, 6) is 2.23. The van der Waals surface area contributed by atoms with Gasteiger partial charge in [-0.2, -0.15) is 0 Å². The lowest BCUT2D eigenvalue weighted by Gasteiger charge is -2.15. The number of thiazole rings is 1. The topological polar surface area (TPSA) is 67.8 Å². The summed E-state index contributed by atoms with van der Waals surface area (Å²) in [6.45, 7) is 10.8. The van der Waals surface area contributed by atoms with Gasteiger partial charge in [-0.25, -0.2) is 9.98 Å². The fourth-order valence-electron chi connectivity index (χ4n) is 3.29. The Morgan fingerprint density at radius 3 is 2.97 bits per heavy atom. The van der Waals surface area contributed by atoms with Crippen molar-refractivity contribution in [3.8, 4) is 5.75 Å². The molecule has 7 heteroatoms. The van der Waals surface area contributed by atoms with Crippen molar-refractivity contribution >= 4 is 17.3 Å². The number of nitrogens with zero attached hydrogens (tertiary/aromatic N) is 2. The maximum Gasteiger partial charge on any atom is 0.191 e. The van der Waals surface area contributed by atoms with Gasteiger partial charge in [0.05, 0.1) is 30.5 Å². The van der Waals surface area contributed by atoms with E-state index < -0.39 is 0 Å². The molecule has 0 radical (unpaired) electrons. The average Bonchev–Trinajstić information content (AvgIpc) is 3.43. The monoisotopic (exact) mass is 430 g/mol. The predicted octanol–water partition coefficient (Wildman–Crippen LogP) is 3.73. The van der Waals surface area contributed by atoms with Gasteiger partial charge in [0.2, 0.25) is 0 Å². The third-order valence-electron chi connectivity index (χ3n) is 5.05. The maximum absolute atomic E-state index is 6.15. The molecule has 2 heterocycles. The molecule has 1 aliphatic heterocycles. The molecule has 1 aliphatic rings. The lowest BCUT2D eigenvalue weighted by Crippen LogP contribution is -2.38. The van der Waals surface area contributed by atoms with Gasteiger partial charge in [-0.3, -0.25) is 0 Å². The summed E-state index contributed by atoms with van der Waals surface area (Å²) in [4.78, 5) is 9.41. The van der Waals surface area contributed by atoms with Crippen LogP contribution in [-0.2, 0) is 24.1 Å². The zero-order valence-electron chi connectivity index (χ0n) is 18.4. The van der Waals surface area contributed by atoms with E-state index in [0.29, 0.717) is 19.1 Å². The van der Waals surface area contributed by atoms with Crippen LogP contribution >= 0.6 is 11.3 Å². The van der Waals surface area contributed by atoms with E-state index in [4.69, 9.17) is 14.5 Å². The quantitative estimate of drug-likeness (QED) is 0.444. The second kappa shape index (κ2) is 11.9. The fourth-order valence-corrected chi connectivity index (χ4v) is 4.07. The van der Waals surface area contributed by atoms with Crippen molar-refractivity contribution in [2.75, 3.05) is 32.9 Å². The van der Waals surface area contributed by atoms with E-state index in [9.17, 15) is 0 Å². The van der Waals surface area contributed by atoms with E-state index in [1.807, 2.05) is 0 Å². The van der Waals surface area contributed by atoms with Crippen molar-refractivity contribution in [1.82, 2.24) is 15.6 Å². The van der Waals surface area contributed by atoms with Crippen LogP contribution in [0.25, 0.3) is 0 Å². The van der Waals surface area contributed by atoms with E-state index in [1.165, 1.54) is 10.6 Å². The van der Waals surface area contributed by atoms with Gasteiger partial charge in [0.15, 0.2) is 5.96 Å². The van der Waals surface area contributed by atoms with Crippen LogP contribution in [0.1, 0.15) is 42.1 Å². The molecule has 1 atom stereocenters. The molecule has 164 valence electrons. The molecule has 0 bridgehead atoms. The molecule has 0 aliphatic carbocycles. The molecule has 1 saturated heterocycles. The van der Waals surface area contributed by atoms with E-state index in [0.717, 1.165) is 68.5 Å². The van der Waals surface area contributed by atoms with Gasteiger partial charge in [-0.15, -0.1) is 11.3 Å². The molecule has 2 N–H and O–H groups in total. The average molecular weight is 431 g/mol. The molecule has 30 heavy (non-hydrogen) atoms. The van der Waals surface area contributed by atoms with Crippen molar-refractivity contribution in [3.63, 3.8) is 0 Å². The number of rotatable bonds is 10. The van der Waals surface area contributed by atoms with Crippen molar-refractivity contribution in [3.05, 3.63) is 45.4 Å². The van der Waals surface area contributed by atoms with Crippen LogP contribution in [0.3, 0.4) is 0 Å². The van der Waals surface area contributed by atoms with E-state index in [1.54, 1.807) is 11.3 Å². The number of hydrogen-bond acceptors (Lipinski definition) is 5. The Kier molecular flexibility index (Phi) is 8.96. The Labute approximate surface area is 184 Å². The fraction of sp³-hybridized carbons (Fsp3) is 0.565. The van der Waals surface area contributed by atoms with Crippen LogP contribution < -0.4 is 15.4 Å². The second-order valence-corrected chi connectivity index (χ2v) is 8.55. The summed E-state index contributed by atoms with van der Waals surface area (Å²) in [5, 5.41) is 10.1. The number of benzene rings is 1. The summed E-state index contributed by atoms with van der Waals surface area (Å²) in [6.07, 6.45) is 2.96. The van der Waals surface area contributed by atoms with Crippen LogP contribution in [0.2, 0.25) is 0 Å². The van der Waals surface area contributed by atoms with Crippen molar-refractivity contribution < 1.29 is 9.47 Å². The van der Waals surface area contributed by atoms with Gasteiger partial charge in [0.1, 0.15) is 5.75 Å². The van der Waals surface area contributed by atoms with Gasteiger partial charge < -0.3 is 20.1 Å². The molecule has 0 amide bonds. The normalized spacial score (nSPS) is 16.6. The third-order valence-corrected chi connectivity index (χ3v) is 6.09. The standard InChI is InChI=1S/C23H34N4O2S/c1-4-22-27-20(16-30-22)8-10-25-23(24-5-2)26-13-19-7-6-17(3)12-21(19)29-15-18-9-11-28-14-18/h6-7,12,16,18H,4-5,8-11,13-15H2,1-3H3,(H2,24,25,26). The first-order chi connectivity index (χ1) is 14.7. The van der Waals surface area contributed by atoms with E-state index in [-0.39, 0.29) is 0 Å². The minimum atomic E-state index is 0.486. The SMILES string of the molecule is CCNC(=NCc1ccc(C)cc1OCC1CCOC1)NCCc1csc(CC)n1. The summed E-state index contributed by atoms with van der Waals surface area (Å²) < 4.78 is 11.6. The third kappa shape index (κ3) is 6.99. The van der Waals surface area contributed by atoms with E-state index >= 15 is 0 Å². The summed E-state index contributed by atoms with van der Waals surface area (Å²) >= 11 is 1.74. The Morgan fingerprint density at radius 1 is 1.33 bits per heavy atom. The van der Waals surface area contributed by atoms with Gasteiger partial charge in [-0.05, 0) is 38.3 Å². The number of hydrogen-bond donors (Lipinski definition) is 2. The number of aromatic nitrogens is 1. The van der Waals surface area contributed by atoms with Gasteiger partial charge in [-0.1, -0.05) is 19.1 Å². The smallest absolute Gasteiger partial charge is 0.191 e. The van der Waals surface area contributed by atoms with Gasteiger partial charge >= 0.3 is 0 Å². The highest BCUT2D eigenvalue weighted by Crippen LogP contribution is 2.23.